The fourth-order valence-corrected chi connectivity index (χ4v) is 4.62. The van der Waals surface area contributed by atoms with Crippen molar-refractivity contribution >= 4 is 29.9 Å². The lowest BCUT2D eigenvalue weighted by molar-refractivity contribution is -0.171. The number of rotatable bonds is 5. The summed E-state index contributed by atoms with van der Waals surface area (Å²) in [5, 5.41) is 7.26. The predicted octanol–water partition coefficient (Wildman–Crippen LogP) is 3.16. The van der Waals surface area contributed by atoms with Gasteiger partial charge in [0.2, 0.25) is 0 Å². The molecule has 4 nitrogen and oxygen atoms in total. The van der Waals surface area contributed by atoms with E-state index in [0.717, 1.165) is 25.0 Å². The summed E-state index contributed by atoms with van der Waals surface area (Å²) < 4.78 is 5.99. The van der Waals surface area contributed by atoms with Gasteiger partial charge in [-0.25, -0.2) is 0 Å². The average molecular weight is 421 g/mol. The normalized spacial score (nSPS) is 32.0. The van der Waals surface area contributed by atoms with Gasteiger partial charge in [0.25, 0.3) is 0 Å². The molecule has 22 heavy (non-hydrogen) atoms. The van der Waals surface area contributed by atoms with Gasteiger partial charge in [-0.15, -0.1) is 24.0 Å². The van der Waals surface area contributed by atoms with Crippen molar-refractivity contribution in [3.8, 4) is 0 Å². The number of fused-ring (bicyclic) bond motifs is 2. The molecule has 3 aliphatic rings. The van der Waals surface area contributed by atoms with E-state index in [1.54, 1.807) is 0 Å². The van der Waals surface area contributed by atoms with Crippen molar-refractivity contribution in [3.63, 3.8) is 0 Å². The van der Waals surface area contributed by atoms with E-state index >= 15 is 0 Å². The molecule has 2 aliphatic carbocycles. The molecular formula is C17H32IN3O. The zero-order chi connectivity index (χ0) is 14.9. The third-order valence-corrected chi connectivity index (χ3v) is 6.26. The standard InChI is InChI=1S/C17H31N3O.HI/c1-4-12(5-2)11-19-16(18-3)20-14-13-7-10-21-15(13)17(14)8-6-9-17;/h12-15H,4-11H2,1-3H3,(H2,18,19,20);1H. The summed E-state index contributed by atoms with van der Waals surface area (Å²) in [6.07, 6.45) is 8.22. The van der Waals surface area contributed by atoms with Crippen LogP contribution in [0.25, 0.3) is 0 Å². The van der Waals surface area contributed by atoms with Gasteiger partial charge in [0.1, 0.15) is 0 Å². The van der Waals surface area contributed by atoms with Crippen molar-refractivity contribution in [2.24, 2.45) is 22.2 Å². The Morgan fingerprint density at radius 1 is 1.32 bits per heavy atom. The van der Waals surface area contributed by atoms with Crippen molar-refractivity contribution < 1.29 is 4.74 Å². The summed E-state index contributed by atoms with van der Waals surface area (Å²) in [7, 11) is 1.89. The molecular weight excluding hydrogens is 389 g/mol. The first-order valence-corrected chi connectivity index (χ1v) is 8.84. The van der Waals surface area contributed by atoms with Crippen LogP contribution in [0.5, 0.6) is 0 Å². The van der Waals surface area contributed by atoms with E-state index in [-0.39, 0.29) is 24.0 Å². The van der Waals surface area contributed by atoms with Crippen molar-refractivity contribution in [2.45, 2.75) is 64.5 Å². The van der Waals surface area contributed by atoms with Crippen LogP contribution in [0.3, 0.4) is 0 Å². The van der Waals surface area contributed by atoms with Gasteiger partial charge < -0.3 is 15.4 Å². The quantitative estimate of drug-likeness (QED) is 0.407. The van der Waals surface area contributed by atoms with Gasteiger partial charge in [0, 0.05) is 37.6 Å². The van der Waals surface area contributed by atoms with Crippen molar-refractivity contribution in [1.29, 1.82) is 0 Å². The number of nitrogens with one attached hydrogen (secondary N) is 2. The third-order valence-electron chi connectivity index (χ3n) is 6.26. The largest absolute Gasteiger partial charge is 0.377 e. The molecule has 1 aliphatic heterocycles. The van der Waals surface area contributed by atoms with Crippen LogP contribution in [0.15, 0.2) is 4.99 Å². The highest BCUT2D eigenvalue weighted by atomic mass is 127. The number of aliphatic imine (C=N–C) groups is 1. The summed E-state index contributed by atoms with van der Waals surface area (Å²) in [5.41, 5.74) is 0.424. The molecule has 0 amide bonds. The van der Waals surface area contributed by atoms with Gasteiger partial charge in [0.15, 0.2) is 5.96 Å². The lowest BCUT2D eigenvalue weighted by Gasteiger charge is -2.63. The number of guanidine groups is 1. The highest BCUT2D eigenvalue weighted by Crippen LogP contribution is 2.62. The number of halogens is 1. The maximum absolute atomic E-state index is 5.99. The predicted molar refractivity (Wildman–Crippen MR) is 102 cm³/mol. The maximum atomic E-state index is 5.99. The van der Waals surface area contributed by atoms with Crippen LogP contribution >= 0.6 is 24.0 Å². The van der Waals surface area contributed by atoms with Crippen LogP contribution in [0, 0.1) is 17.3 Å². The number of ether oxygens (including phenoxy) is 1. The fraction of sp³-hybridized carbons (Fsp3) is 0.941. The summed E-state index contributed by atoms with van der Waals surface area (Å²) in [4.78, 5) is 4.44. The number of nitrogens with zero attached hydrogens (tertiary/aromatic N) is 1. The van der Waals surface area contributed by atoms with Crippen molar-refractivity contribution in [2.75, 3.05) is 20.2 Å². The Kier molecular flexibility index (Phi) is 6.39. The highest BCUT2D eigenvalue weighted by molar-refractivity contribution is 14.0. The lowest BCUT2D eigenvalue weighted by Crippen LogP contribution is -2.72. The van der Waals surface area contributed by atoms with Crippen LogP contribution in [0.2, 0.25) is 0 Å². The first-order valence-electron chi connectivity index (χ1n) is 8.84. The van der Waals surface area contributed by atoms with E-state index in [0.29, 0.717) is 23.5 Å². The smallest absolute Gasteiger partial charge is 0.191 e. The molecule has 0 aromatic carbocycles. The minimum Gasteiger partial charge on any atom is -0.377 e. The molecule has 0 aromatic rings. The topological polar surface area (TPSA) is 45.7 Å². The molecule has 0 aromatic heterocycles. The number of hydrogen-bond acceptors (Lipinski definition) is 2. The minimum atomic E-state index is 0. The molecule has 1 saturated heterocycles. The Hall–Kier alpha value is -0.0400. The molecule has 3 atom stereocenters. The molecule has 3 unspecified atom stereocenters. The van der Waals surface area contributed by atoms with E-state index in [1.165, 1.54) is 38.5 Å². The van der Waals surface area contributed by atoms with Crippen LogP contribution in [-0.4, -0.2) is 38.3 Å². The Labute approximate surface area is 152 Å². The Morgan fingerprint density at radius 2 is 2.05 bits per heavy atom. The number of hydrogen-bond donors (Lipinski definition) is 2. The Morgan fingerprint density at radius 3 is 2.59 bits per heavy atom. The van der Waals surface area contributed by atoms with Crippen LogP contribution in [0.1, 0.15) is 52.4 Å². The first kappa shape index (κ1) is 18.3. The van der Waals surface area contributed by atoms with Crippen molar-refractivity contribution in [3.05, 3.63) is 0 Å². The average Bonchev–Trinajstić information content (AvgIpc) is 2.86. The van der Waals surface area contributed by atoms with E-state index in [1.807, 2.05) is 7.05 Å². The van der Waals surface area contributed by atoms with Gasteiger partial charge in [-0.1, -0.05) is 33.1 Å². The van der Waals surface area contributed by atoms with E-state index in [9.17, 15) is 0 Å². The maximum Gasteiger partial charge on any atom is 0.191 e. The Bertz CT molecular complexity index is 393. The second-order valence-electron chi connectivity index (χ2n) is 7.09. The molecule has 5 heteroatoms. The molecule has 0 radical (unpaired) electrons. The zero-order valence-corrected chi connectivity index (χ0v) is 16.6. The van der Waals surface area contributed by atoms with E-state index in [2.05, 4.69) is 29.5 Å². The van der Waals surface area contributed by atoms with Gasteiger partial charge in [-0.2, -0.15) is 0 Å². The van der Waals surface area contributed by atoms with Gasteiger partial charge in [-0.3, -0.25) is 4.99 Å². The molecule has 2 N–H and O–H groups in total. The third kappa shape index (κ3) is 2.99. The van der Waals surface area contributed by atoms with E-state index < -0.39 is 0 Å². The van der Waals surface area contributed by atoms with Gasteiger partial charge in [-0.05, 0) is 25.2 Å². The summed E-state index contributed by atoms with van der Waals surface area (Å²) in [5.74, 6) is 2.44. The van der Waals surface area contributed by atoms with Crippen LogP contribution in [-0.2, 0) is 4.74 Å². The van der Waals surface area contributed by atoms with Gasteiger partial charge in [0.05, 0.1) is 6.10 Å². The molecule has 2 saturated carbocycles. The monoisotopic (exact) mass is 421 g/mol. The first-order chi connectivity index (χ1) is 10.2. The highest BCUT2D eigenvalue weighted by Gasteiger charge is 2.66. The summed E-state index contributed by atoms with van der Waals surface area (Å²) >= 11 is 0. The molecule has 0 bridgehead atoms. The Balaban J connectivity index is 0.00000176. The minimum absolute atomic E-state index is 0. The van der Waals surface area contributed by atoms with E-state index in [4.69, 9.17) is 4.74 Å². The molecule has 3 fully saturated rings. The SMILES string of the molecule is CCC(CC)CNC(=NC)NC1C2CCOC2C12CCC2.I. The molecule has 1 spiro atoms. The molecule has 128 valence electrons. The lowest BCUT2D eigenvalue weighted by atomic mass is 9.46. The second kappa shape index (κ2) is 7.69. The van der Waals surface area contributed by atoms with Gasteiger partial charge >= 0.3 is 0 Å². The second-order valence-corrected chi connectivity index (χ2v) is 7.09. The molecule has 3 rings (SSSR count). The van der Waals surface area contributed by atoms with Crippen molar-refractivity contribution in [1.82, 2.24) is 10.6 Å². The fourth-order valence-electron chi connectivity index (χ4n) is 4.62. The zero-order valence-electron chi connectivity index (χ0n) is 14.2. The van der Waals surface area contributed by atoms with Crippen LogP contribution in [0.4, 0.5) is 0 Å². The summed E-state index contributed by atoms with van der Waals surface area (Å²) in [6, 6.07) is 0.576. The molecule has 1 heterocycles. The van der Waals surface area contributed by atoms with Crippen LogP contribution < -0.4 is 10.6 Å². The summed E-state index contributed by atoms with van der Waals surface area (Å²) in [6.45, 7) is 6.51.